The molecule has 2 aromatic rings. The highest BCUT2D eigenvalue weighted by Gasteiger charge is 2.65. The molecule has 41 heavy (non-hydrogen) atoms. The highest BCUT2D eigenvalue weighted by Crippen LogP contribution is 2.57. The minimum absolute atomic E-state index is 0.391. The molecule has 0 atom stereocenters. The Kier molecular flexibility index (Phi) is 8.27. The fourth-order valence-electron chi connectivity index (χ4n) is 8.79. The molecule has 2 heterocycles. The lowest BCUT2D eigenvalue weighted by Gasteiger charge is -2.61. The van der Waals surface area contributed by atoms with E-state index >= 15 is 0 Å². The van der Waals surface area contributed by atoms with Crippen molar-refractivity contribution in [3.05, 3.63) is 71.8 Å². The molecule has 2 N–H and O–H groups in total. The van der Waals surface area contributed by atoms with E-state index in [0.29, 0.717) is 25.7 Å². The summed E-state index contributed by atoms with van der Waals surface area (Å²) in [5.74, 6) is -3.39. The van der Waals surface area contributed by atoms with Crippen molar-refractivity contribution in [2.24, 2.45) is 17.3 Å². The van der Waals surface area contributed by atoms with Crippen molar-refractivity contribution in [3.63, 3.8) is 0 Å². The van der Waals surface area contributed by atoms with Crippen LogP contribution in [0.1, 0.15) is 92.2 Å². The zero-order valence-corrected chi connectivity index (χ0v) is 26.3. The smallest absolute Gasteiger partial charge is 0.321 e. The van der Waals surface area contributed by atoms with Crippen LogP contribution in [0.2, 0.25) is 0 Å². The van der Waals surface area contributed by atoms with E-state index in [4.69, 9.17) is 0 Å². The van der Waals surface area contributed by atoms with Gasteiger partial charge in [-0.15, -0.1) is 0 Å². The number of benzene rings is 2. The first-order chi connectivity index (χ1) is 18.9. The Balaban J connectivity index is 1.71. The predicted octanol–water partition coefficient (Wildman–Crippen LogP) is 7.08. The standard InChI is InChI=1S/C35H50N2O4/c1-31(2)19-27(20-32(3,4)36(31)23-25-15-11-9-12-16-25)35(29(38)39,30(40)41)28-21-33(5,6)37(34(7,8)22-28)24-26-17-13-10-14-18-26/h9-18,27-28H,19-24H2,1-8H3,(H,38,39)(H,40,41). The van der Waals surface area contributed by atoms with Crippen LogP contribution in [0.3, 0.4) is 0 Å². The Morgan fingerprint density at radius 2 is 0.878 bits per heavy atom. The van der Waals surface area contributed by atoms with Gasteiger partial charge in [0.05, 0.1) is 0 Å². The number of aliphatic carboxylic acids is 2. The first kappa shape index (κ1) is 31.2. The Morgan fingerprint density at radius 1 is 0.610 bits per heavy atom. The van der Waals surface area contributed by atoms with E-state index in [-0.39, 0.29) is 0 Å². The molecule has 6 heteroatoms. The molecule has 0 unspecified atom stereocenters. The third kappa shape index (κ3) is 5.83. The number of piperidine rings is 2. The summed E-state index contributed by atoms with van der Waals surface area (Å²) in [6.07, 6.45) is 2.03. The van der Waals surface area contributed by atoms with Gasteiger partial charge in [-0.2, -0.15) is 0 Å². The van der Waals surface area contributed by atoms with Crippen LogP contribution in [0, 0.1) is 17.3 Å². The number of hydrogen-bond donors (Lipinski definition) is 2. The van der Waals surface area contributed by atoms with Crippen molar-refractivity contribution < 1.29 is 19.8 Å². The van der Waals surface area contributed by atoms with E-state index in [9.17, 15) is 19.8 Å². The average Bonchev–Trinajstić information content (AvgIpc) is 2.84. The van der Waals surface area contributed by atoms with E-state index < -0.39 is 51.3 Å². The molecule has 0 saturated carbocycles. The van der Waals surface area contributed by atoms with Gasteiger partial charge < -0.3 is 10.2 Å². The summed E-state index contributed by atoms with van der Waals surface area (Å²) < 4.78 is 0. The molecule has 0 radical (unpaired) electrons. The Hall–Kier alpha value is -2.70. The summed E-state index contributed by atoms with van der Waals surface area (Å²) in [6, 6.07) is 20.6. The third-order valence-corrected chi connectivity index (χ3v) is 10.3. The zero-order valence-electron chi connectivity index (χ0n) is 26.3. The van der Waals surface area contributed by atoms with E-state index in [0.717, 1.165) is 13.1 Å². The fourth-order valence-corrected chi connectivity index (χ4v) is 8.79. The lowest BCUT2D eigenvalue weighted by Crippen LogP contribution is -2.68. The molecule has 6 nitrogen and oxygen atoms in total. The van der Waals surface area contributed by atoms with Gasteiger partial charge in [-0.25, -0.2) is 0 Å². The first-order valence-electron chi connectivity index (χ1n) is 15.0. The molecule has 2 aliphatic heterocycles. The topological polar surface area (TPSA) is 81.1 Å². The maximum Gasteiger partial charge on any atom is 0.321 e. The van der Waals surface area contributed by atoms with Crippen LogP contribution in [0.25, 0.3) is 0 Å². The summed E-state index contributed by atoms with van der Waals surface area (Å²) in [7, 11) is 0. The lowest BCUT2D eigenvalue weighted by atomic mass is 9.53. The summed E-state index contributed by atoms with van der Waals surface area (Å²) in [4.78, 5) is 31.8. The molecular formula is C35H50N2O4. The Labute approximate surface area is 246 Å². The van der Waals surface area contributed by atoms with Gasteiger partial charge in [-0.05, 0) is 104 Å². The summed E-state index contributed by atoms with van der Waals surface area (Å²) in [5, 5.41) is 21.9. The lowest BCUT2D eigenvalue weighted by molar-refractivity contribution is -0.192. The van der Waals surface area contributed by atoms with Gasteiger partial charge >= 0.3 is 11.9 Å². The molecule has 2 fully saturated rings. The van der Waals surface area contributed by atoms with Crippen LogP contribution in [0.5, 0.6) is 0 Å². The van der Waals surface area contributed by atoms with Crippen LogP contribution < -0.4 is 0 Å². The minimum atomic E-state index is -1.87. The second-order valence-electron chi connectivity index (χ2n) is 15.1. The highest BCUT2D eigenvalue weighted by molar-refractivity contribution is 5.99. The summed E-state index contributed by atoms with van der Waals surface area (Å²) in [5.41, 5.74) is -1.04. The van der Waals surface area contributed by atoms with Gasteiger partial charge in [0.2, 0.25) is 0 Å². The average molecular weight is 563 g/mol. The Morgan fingerprint density at radius 3 is 1.12 bits per heavy atom. The molecule has 2 aromatic carbocycles. The minimum Gasteiger partial charge on any atom is -0.480 e. The van der Waals surface area contributed by atoms with Crippen molar-refractivity contribution in [2.75, 3.05) is 0 Å². The Bertz CT molecular complexity index is 1100. The number of nitrogens with zero attached hydrogens (tertiary/aromatic N) is 2. The number of carbonyl (C=O) groups is 2. The molecular weight excluding hydrogens is 512 g/mol. The van der Waals surface area contributed by atoms with Crippen molar-refractivity contribution >= 4 is 11.9 Å². The van der Waals surface area contributed by atoms with Gasteiger partial charge in [-0.3, -0.25) is 19.4 Å². The van der Waals surface area contributed by atoms with Gasteiger partial charge in [0.25, 0.3) is 0 Å². The molecule has 0 amide bonds. The third-order valence-electron chi connectivity index (χ3n) is 10.3. The van der Waals surface area contributed by atoms with Gasteiger partial charge in [0.1, 0.15) is 0 Å². The van der Waals surface area contributed by atoms with Crippen molar-refractivity contribution in [2.45, 2.75) is 116 Å². The van der Waals surface area contributed by atoms with E-state index in [1.54, 1.807) is 0 Å². The molecule has 4 rings (SSSR count). The van der Waals surface area contributed by atoms with Crippen LogP contribution in [0.4, 0.5) is 0 Å². The number of likely N-dealkylation sites (tertiary alicyclic amines) is 2. The maximum absolute atomic E-state index is 13.4. The zero-order chi connectivity index (χ0) is 30.4. The molecule has 2 aliphatic rings. The van der Waals surface area contributed by atoms with Crippen LogP contribution >= 0.6 is 0 Å². The van der Waals surface area contributed by atoms with Crippen LogP contribution in [0.15, 0.2) is 60.7 Å². The first-order valence-corrected chi connectivity index (χ1v) is 15.0. The normalized spacial score (nSPS) is 23.2. The summed E-state index contributed by atoms with van der Waals surface area (Å²) >= 11 is 0. The number of carboxylic acid groups (broad SMARTS) is 2. The number of rotatable bonds is 8. The molecule has 224 valence electrons. The largest absolute Gasteiger partial charge is 0.480 e. The SMILES string of the molecule is CC1(C)CC(C(C(=O)O)(C(=O)O)C2CC(C)(C)N(Cc3ccccc3)C(C)(C)C2)CC(C)(C)N1Cc1ccccc1. The molecule has 0 spiro atoms. The molecule has 0 aromatic heterocycles. The van der Waals surface area contributed by atoms with E-state index in [1.165, 1.54) is 11.1 Å². The quantitative estimate of drug-likeness (QED) is 0.335. The highest BCUT2D eigenvalue weighted by atomic mass is 16.4. The van der Waals surface area contributed by atoms with Gasteiger partial charge in [-0.1, -0.05) is 60.7 Å². The maximum atomic E-state index is 13.4. The van der Waals surface area contributed by atoms with E-state index in [2.05, 4.69) is 89.5 Å². The predicted molar refractivity (Wildman–Crippen MR) is 163 cm³/mol. The fraction of sp³-hybridized carbons (Fsp3) is 0.600. The second kappa shape index (κ2) is 10.9. The molecule has 0 bridgehead atoms. The van der Waals surface area contributed by atoms with Crippen molar-refractivity contribution in [3.8, 4) is 0 Å². The van der Waals surface area contributed by atoms with E-state index in [1.807, 2.05) is 36.4 Å². The van der Waals surface area contributed by atoms with Crippen LogP contribution in [-0.2, 0) is 22.7 Å². The van der Waals surface area contributed by atoms with Gasteiger partial charge in [0, 0.05) is 35.2 Å². The number of hydrogen-bond acceptors (Lipinski definition) is 4. The second-order valence-corrected chi connectivity index (χ2v) is 15.1. The molecule has 2 saturated heterocycles. The molecule has 0 aliphatic carbocycles. The van der Waals surface area contributed by atoms with Gasteiger partial charge in [0.15, 0.2) is 5.41 Å². The van der Waals surface area contributed by atoms with Crippen molar-refractivity contribution in [1.82, 2.24) is 9.80 Å². The summed E-state index contributed by atoms with van der Waals surface area (Å²) in [6.45, 7) is 18.6. The monoisotopic (exact) mass is 562 g/mol. The van der Waals surface area contributed by atoms with Crippen LogP contribution in [-0.4, -0.2) is 54.1 Å². The number of carboxylic acids is 2. The van der Waals surface area contributed by atoms with Crippen molar-refractivity contribution in [1.29, 1.82) is 0 Å².